The number of carbonyl (C=O) groups excluding carboxylic acids is 5. The van der Waals surface area contributed by atoms with Gasteiger partial charge in [0.15, 0.2) is 0 Å². The van der Waals surface area contributed by atoms with Crippen molar-refractivity contribution in [1.82, 2.24) is 16.0 Å². The number of thiol groups is 1. The standard InChI is InChI=1S/C16H26N6O9S/c17-6(5-32)13(27)21-8(4-12(25)26)15(29)20-7(1-2-10(18)23)14(28)22-9(16(30)31)3-11(19)24/h6-9,32H,1-5,17H2,(H2,18,23)(H2,19,24)(H,20,29)(H,21,27)(H,22,28)(H,25,26)(H,30,31). The summed E-state index contributed by atoms with van der Waals surface area (Å²) in [6.07, 6.45) is -2.43. The first-order valence-corrected chi connectivity index (χ1v) is 9.70. The van der Waals surface area contributed by atoms with Crippen molar-refractivity contribution in [3.8, 4) is 0 Å². The van der Waals surface area contributed by atoms with E-state index in [1.165, 1.54) is 0 Å². The van der Waals surface area contributed by atoms with Crippen molar-refractivity contribution in [2.45, 2.75) is 49.9 Å². The normalized spacial score (nSPS) is 14.2. The van der Waals surface area contributed by atoms with Gasteiger partial charge >= 0.3 is 11.9 Å². The van der Waals surface area contributed by atoms with E-state index in [1.54, 1.807) is 0 Å². The molecule has 0 fully saturated rings. The van der Waals surface area contributed by atoms with Crippen molar-refractivity contribution in [2.75, 3.05) is 5.75 Å². The van der Waals surface area contributed by atoms with Crippen LogP contribution >= 0.6 is 12.6 Å². The van der Waals surface area contributed by atoms with Gasteiger partial charge in [-0.05, 0) is 6.42 Å². The van der Waals surface area contributed by atoms with Crippen LogP contribution < -0.4 is 33.2 Å². The van der Waals surface area contributed by atoms with Gasteiger partial charge in [-0.15, -0.1) is 0 Å². The lowest BCUT2D eigenvalue weighted by molar-refractivity contribution is -0.144. The third kappa shape index (κ3) is 11.1. The highest BCUT2D eigenvalue weighted by atomic mass is 32.1. The Morgan fingerprint density at radius 1 is 0.750 bits per heavy atom. The topological polar surface area (TPSA) is 274 Å². The summed E-state index contributed by atoms with van der Waals surface area (Å²) in [5.41, 5.74) is 15.4. The third-order valence-corrected chi connectivity index (χ3v) is 4.27. The molecule has 0 aliphatic carbocycles. The first-order valence-electron chi connectivity index (χ1n) is 9.07. The Labute approximate surface area is 187 Å². The van der Waals surface area contributed by atoms with Crippen LogP contribution in [0.25, 0.3) is 0 Å². The number of nitrogens with two attached hydrogens (primary N) is 3. The van der Waals surface area contributed by atoms with Crippen molar-refractivity contribution in [2.24, 2.45) is 17.2 Å². The maximum atomic E-state index is 12.5. The molecule has 16 heteroatoms. The number of carboxylic acid groups (broad SMARTS) is 2. The van der Waals surface area contributed by atoms with Crippen molar-refractivity contribution in [1.29, 1.82) is 0 Å². The Morgan fingerprint density at radius 2 is 1.25 bits per heavy atom. The number of amides is 5. The van der Waals surface area contributed by atoms with E-state index in [4.69, 9.17) is 27.4 Å². The van der Waals surface area contributed by atoms with Crippen molar-refractivity contribution in [3.63, 3.8) is 0 Å². The summed E-state index contributed by atoms with van der Waals surface area (Å²) < 4.78 is 0. The van der Waals surface area contributed by atoms with Crippen molar-refractivity contribution < 1.29 is 43.8 Å². The van der Waals surface area contributed by atoms with E-state index < -0.39 is 84.9 Å². The van der Waals surface area contributed by atoms with Gasteiger partial charge in [0.05, 0.1) is 18.9 Å². The molecule has 0 radical (unpaired) electrons. The SMILES string of the molecule is NC(=O)CCC(NC(=O)C(CC(=O)O)NC(=O)C(N)CS)C(=O)NC(CC(N)=O)C(=O)O. The number of rotatable bonds is 15. The number of aliphatic carboxylic acids is 2. The molecule has 4 atom stereocenters. The molecular formula is C16H26N6O9S. The monoisotopic (exact) mass is 478 g/mol. The highest BCUT2D eigenvalue weighted by Gasteiger charge is 2.31. The van der Waals surface area contributed by atoms with E-state index in [0.717, 1.165) is 0 Å². The van der Waals surface area contributed by atoms with E-state index in [2.05, 4.69) is 23.3 Å². The second-order valence-electron chi connectivity index (χ2n) is 6.58. The maximum absolute atomic E-state index is 12.5. The molecule has 0 heterocycles. The number of primary amides is 2. The van der Waals surface area contributed by atoms with Crippen LogP contribution in [0.5, 0.6) is 0 Å². The molecule has 15 nitrogen and oxygen atoms in total. The van der Waals surface area contributed by atoms with Crippen molar-refractivity contribution >= 4 is 54.1 Å². The first kappa shape index (κ1) is 28.6. The highest BCUT2D eigenvalue weighted by molar-refractivity contribution is 7.80. The molecule has 0 saturated heterocycles. The molecule has 180 valence electrons. The first-order chi connectivity index (χ1) is 14.8. The fourth-order valence-electron chi connectivity index (χ4n) is 2.25. The van der Waals surface area contributed by atoms with E-state index in [-0.39, 0.29) is 12.2 Å². The van der Waals surface area contributed by atoms with Crippen molar-refractivity contribution in [3.05, 3.63) is 0 Å². The van der Waals surface area contributed by atoms with E-state index in [0.29, 0.717) is 0 Å². The van der Waals surface area contributed by atoms with Gasteiger partial charge < -0.3 is 43.4 Å². The largest absolute Gasteiger partial charge is 0.481 e. The summed E-state index contributed by atoms with van der Waals surface area (Å²) in [7, 11) is 0. The van der Waals surface area contributed by atoms with Crippen LogP contribution in [0.15, 0.2) is 0 Å². The Kier molecular flexibility index (Phi) is 12.3. The average Bonchev–Trinajstić information content (AvgIpc) is 2.67. The average molecular weight is 478 g/mol. The molecule has 0 aliphatic heterocycles. The molecule has 0 aromatic heterocycles. The molecule has 11 N–H and O–H groups in total. The molecule has 0 aliphatic rings. The molecule has 0 spiro atoms. The molecule has 0 bridgehead atoms. The van der Waals surface area contributed by atoms with Crippen LogP contribution in [-0.4, -0.2) is 81.6 Å². The van der Waals surface area contributed by atoms with Crippen LogP contribution in [-0.2, 0) is 33.6 Å². The van der Waals surface area contributed by atoms with Crippen LogP contribution in [0.3, 0.4) is 0 Å². The Hall–Kier alpha value is -3.40. The van der Waals surface area contributed by atoms with E-state index >= 15 is 0 Å². The Bertz CT molecular complexity index is 762. The summed E-state index contributed by atoms with van der Waals surface area (Å²) in [6, 6.07) is -6.09. The lowest BCUT2D eigenvalue weighted by Gasteiger charge is -2.24. The molecule has 4 unspecified atom stereocenters. The zero-order valence-electron chi connectivity index (χ0n) is 16.8. The van der Waals surface area contributed by atoms with Gasteiger partial charge in [0.25, 0.3) is 0 Å². The van der Waals surface area contributed by atoms with Crippen LogP contribution in [0, 0.1) is 0 Å². The summed E-state index contributed by atoms with van der Waals surface area (Å²) in [5.74, 6) is -8.15. The quantitative estimate of drug-likeness (QED) is 0.102. The summed E-state index contributed by atoms with van der Waals surface area (Å²) in [4.78, 5) is 81.3. The zero-order chi connectivity index (χ0) is 25.0. The fraction of sp³-hybridized carbons (Fsp3) is 0.562. The minimum atomic E-state index is -1.73. The number of carbonyl (C=O) groups is 7. The van der Waals surface area contributed by atoms with Gasteiger partial charge in [-0.2, -0.15) is 12.6 Å². The Balaban J connectivity index is 5.58. The van der Waals surface area contributed by atoms with Gasteiger partial charge in [-0.3, -0.25) is 28.8 Å². The number of hydrogen-bond acceptors (Lipinski definition) is 9. The lowest BCUT2D eigenvalue weighted by atomic mass is 10.1. The fourth-order valence-corrected chi connectivity index (χ4v) is 2.41. The van der Waals surface area contributed by atoms with Gasteiger partial charge in [0.2, 0.25) is 29.5 Å². The Morgan fingerprint density at radius 3 is 1.69 bits per heavy atom. The van der Waals surface area contributed by atoms with Gasteiger partial charge in [0, 0.05) is 12.2 Å². The zero-order valence-corrected chi connectivity index (χ0v) is 17.7. The molecule has 0 aromatic carbocycles. The molecule has 5 amide bonds. The number of nitrogens with one attached hydrogen (secondary N) is 3. The van der Waals surface area contributed by atoms with Crippen LogP contribution in [0.4, 0.5) is 0 Å². The molecular weight excluding hydrogens is 452 g/mol. The van der Waals surface area contributed by atoms with Gasteiger partial charge in [-0.25, -0.2) is 4.79 Å². The van der Waals surface area contributed by atoms with E-state index in [1.807, 2.05) is 5.32 Å². The van der Waals surface area contributed by atoms with Crippen LogP contribution in [0.2, 0.25) is 0 Å². The number of hydrogen-bond donors (Lipinski definition) is 9. The highest BCUT2D eigenvalue weighted by Crippen LogP contribution is 2.03. The summed E-state index contributed by atoms with van der Waals surface area (Å²) in [6.45, 7) is 0. The van der Waals surface area contributed by atoms with Crippen LogP contribution in [0.1, 0.15) is 25.7 Å². The minimum absolute atomic E-state index is 0.104. The van der Waals surface area contributed by atoms with E-state index in [9.17, 15) is 33.6 Å². The predicted octanol–water partition coefficient (Wildman–Crippen LogP) is -4.60. The third-order valence-electron chi connectivity index (χ3n) is 3.88. The minimum Gasteiger partial charge on any atom is -0.481 e. The second kappa shape index (κ2) is 13.8. The predicted molar refractivity (Wildman–Crippen MR) is 110 cm³/mol. The molecule has 32 heavy (non-hydrogen) atoms. The lowest BCUT2D eigenvalue weighted by Crippen LogP contribution is -2.58. The summed E-state index contributed by atoms with van der Waals surface area (Å²) >= 11 is 3.82. The number of carboxylic acids is 2. The maximum Gasteiger partial charge on any atom is 0.326 e. The summed E-state index contributed by atoms with van der Waals surface area (Å²) in [5, 5.41) is 24.3. The van der Waals surface area contributed by atoms with Gasteiger partial charge in [0.1, 0.15) is 18.1 Å². The molecule has 0 aromatic rings. The second-order valence-corrected chi connectivity index (χ2v) is 6.95. The smallest absolute Gasteiger partial charge is 0.326 e. The molecule has 0 saturated carbocycles. The van der Waals surface area contributed by atoms with Gasteiger partial charge in [-0.1, -0.05) is 0 Å². The molecule has 0 rings (SSSR count).